The molecule has 0 aliphatic carbocycles. The first-order chi connectivity index (χ1) is 5.53. The van der Waals surface area contributed by atoms with E-state index < -0.39 is 0 Å². The van der Waals surface area contributed by atoms with E-state index in [0.717, 1.165) is 31.8 Å². The molecule has 0 spiro atoms. The molecule has 0 aromatic rings. The van der Waals surface area contributed by atoms with Crippen molar-refractivity contribution in [3.05, 3.63) is 0 Å². The number of carbonyl (C=O) groups is 1. The second-order valence-corrected chi connectivity index (χ2v) is 4.84. The van der Waals surface area contributed by atoms with Gasteiger partial charge in [0.1, 0.15) is 0 Å². The number of likely N-dealkylation sites (tertiary alicyclic amines) is 1. The molecule has 1 saturated heterocycles. The summed E-state index contributed by atoms with van der Waals surface area (Å²) < 4.78 is 0. The zero-order valence-corrected chi connectivity index (χ0v) is 8.34. The lowest BCUT2D eigenvalue weighted by Crippen LogP contribution is -2.31. The molecule has 2 nitrogen and oxygen atoms in total. The molecule has 1 unspecified atom stereocenters. The van der Waals surface area contributed by atoms with Gasteiger partial charge in [0.25, 0.3) is 0 Å². The minimum absolute atomic E-state index is 0. The highest BCUT2D eigenvalue weighted by Gasteiger charge is 2.27. The third-order valence-corrected chi connectivity index (χ3v) is 2.59. The van der Waals surface area contributed by atoms with E-state index in [2.05, 4.69) is 20.8 Å². The van der Waals surface area contributed by atoms with E-state index in [9.17, 15) is 4.79 Å². The quantitative estimate of drug-likeness (QED) is 0.575. The highest BCUT2D eigenvalue weighted by atomic mass is 16.1. The van der Waals surface area contributed by atoms with Gasteiger partial charge in [0, 0.05) is 13.1 Å². The van der Waals surface area contributed by atoms with Crippen molar-refractivity contribution in [1.29, 1.82) is 0 Å². The fourth-order valence-corrected chi connectivity index (χ4v) is 2.21. The first-order valence-electron chi connectivity index (χ1n) is 4.73. The maximum atomic E-state index is 10.6. The summed E-state index contributed by atoms with van der Waals surface area (Å²) in [7, 11) is 0. The Bertz CT molecular complexity index is 165. The van der Waals surface area contributed by atoms with E-state index in [1.165, 1.54) is 6.42 Å². The number of carbonyl (C=O) groups excluding carboxylic acids is 1. The molecule has 0 aromatic heterocycles. The van der Waals surface area contributed by atoms with Gasteiger partial charge in [-0.15, -0.1) is 0 Å². The van der Waals surface area contributed by atoms with Crippen LogP contribution in [0.15, 0.2) is 0 Å². The minimum Gasteiger partial charge on any atom is -0.345 e. The summed E-state index contributed by atoms with van der Waals surface area (Å²) in [6, 6.07) is 0. The lowest BCUT2D eigenvalue weighted by atomic mass is 9.83. The average Bonchev–Trinajstić information content (AvgIpc) is 2.07. The number of rotatable bonds is 1. The van der Waals surface area contributed by atoms with Gasteiger partial charge in [0.15, 0.2) is 0 Å². The van der Waals surface area contributed by atoms with E-state index in [1.807, 2.05) is 4.90 Å². The molecular formula is C11H23NO. The molecular weight excluding hydrogens is 162 g/mol. The van der Waals surface area contributed by atoms with Crippen molar-refractivity contribution in [2.75, 3.05) is 13.1 Å². The normalized spacial score (nSPS) is 27.3. The number of hydrogen-bond acceptors (Lipinski definition) is 1. The van der Waals surface area contributed by atoms with Crippen LogP contribution in [0.3, 0.4) is 0 Å². The van der Waals surface area contributed by atoms with E-state index in [1.54, 1.807) is 0 Å². The molecule has 0 aromatic carbocycles. The van der Waals surface area contributed by atoms with E-state index in [4.69, 9.17) is 0 Å². The predicted molar refractivity (Wildman–Crippen MR) is 56.5 cm³/mol. The zero-order valence-electron chi connectivity index (χ0n) is 8.34. The van der Waals surface area contributed by atoms with E-state index in [0.29, 0.717) is 5.41 Å². The second-order valence-electron chi connectivity index (χ2n) is 4.84. The minimum atomic E-state index is 0. The highest BCUT2D eigenvalue weighted by Crippen LogP contribution is 2.30. The molecule has 13 heavy (non-hydrogen) atoms. The third kappa shape index (κ3) is 3.79. The Hall–Kier alpha value is -0.530. The van der Waals surface area contributed by atoms with Gasteiger partial charge in [-0.05, 0) is 24.2 Å². The van der Waals surface area contributed by atoms with Gasteiger partial charge in [-0.1, -0.05) is 28.2 Å². The van der Waals surface area contributed by atoms with Crippen molar-refractivity contribution >= 4 is 6.41 Å². The fraction of sp³-hybridized carbons (Fsp3) is 0.909. The Morgan fingerprint density at radius 2 is 2.08 bits per heavy atom. The standard InChI is InChI=1S/C10H19NO.CH4/c1-9-4-5-11(8-12)7-10(2,3)6-9;/h8-9H,4-7H2,1-3H3;1H4. The van der Waals surface area contributed by atoms with Crippen molar-refractivity contribution in [2.45, 2.75) is 41.0 Å². The number of hydrogen-bond donors (Lipinski definition) is 0. The number of amides is 1. The Morgan fingerprint density at radius 3 is 2.62 bits per heavy atom. The van der Waals surface area contributed by atoms with Crippen molar-refractivity contribution in [1.82, 2.24) is 4.90 Å². The summed E-state index contributed by atoms with van der Waals surface area (Å²) in [5, 5.41) is 0. The van der Waals surface area contributed by atoms with Crippen LogP contribution in [0, 0.1) is 11.3 Å². The number of nitrogens with zero attached hydrogens (tertiary/aromatic N) is 1. The van der Waals surface area contributed by atoms with Gasteiger partial charge in [-0.3, -0.25) is 4.79 Å². The van der Waals surface area contributed by atoms with Crippen molar-refractivity contribution < 1.29 is 4.79 Å². The van der Waals surface area contributed by atoms with Gasteiger partial charge >= 0.3 is 0 Å². The van der Waals surface area contributed by atoms with Crippen LogP contribution in [0.4, 0.5) is 0 Å². The maximum Gasteiger partial charge on any atom is 0.209 e. The molecule has 0 radical (unpaired) electrons. The molecule has 1 heterocycles. The Labute approximate surface area is 82.3 Å². The van der Waals surface area contributed by atoms with Crippen LogP contribution >= 0.6 is 0 Å². The van der Waals surface area contributed by atoms with Crippen LogP contribution in [-0.4, -0.2) is 24.4 Å². The molecule has 0 N–H and O–H groups in total. The lowest BCUT2D eigenvalue weighted by Gasteiger charge is -2.27. The maximum absolute atomic E-state index is 10.6. The zero-order chi connectivity index (χ0) is 9.19. The Kier molecular flexibility index (Phi) is 4.45. The first-order valence-corrected chi connectivity index (χ1v) is 4.73. The largest absolute Gasteiger partial charge is 0.345 e. The second kappa shape index (κ2) is 4.64. The molecule has 1 rings (SSSR count). The molecule has 2 heteroatoms. The first kappa shape index (κ1) is 12.5. The summed E-state index contributed by atoms with van der Waals surface area (Å²) >= 11 is 0. The smallest absolute Gasteiger partial charge is 0.209 e. The molecule has 1 atom stereocenters. The topological polar surface area (TPSA) is 20.3 Å². The van der Waals surface area contributed by atoms with Gasteiger partial charge in [-0.2, -0.15) is 0 Å². The van der Waals surface area contributed by atoms with Crippen molar-refractivity contribution in [3.8, 4) is 0 Å². The molecule has 78 valence electrons. The monoisotopic (exact) mass is 185 g/mol. The van der Waals surface area contributed by atoms with Crippen LogP contribution in [0.5, 0.6) is 0 Å². The summed E-state index contributed by atoms with van der Waals surface area (Å²) in [5.74, 6) is 0.755. The third-order valence-electron chi connectivity index (χ3n) is 2.59. The Balaban J connectivity index is 0.00000144. The molecule has 0 saturated carbocycles. The summed E-state index contributed by atoms with van der Waals surface area (Å²) in [5.41, 5.74) is 0.302. The van der Waals surface area contributed by atoms with Crippen LogP contribution < -0.4 is 0 Å². The van der Waals surface area contributed by atoms with E-state index >= 15 is 0 Å². The summed E-state index contributed by atoms with van der Waals surface area (Å²) in [6.45, 7) is 8.61. The highest BCUT2D eigenvalue weighted by molar-refractivity contribution is 5.47. The molecule has 1 amide bonds. The summed E-state index contributed by atoms with van der Waals surface area (Å²) in [4.78, 5) is 12.5. The van der Waals surface area contributed by atoms with Gasteiger partial charge in [-0.25, -0.2) is 0 Å². The molecule has 1 fully saturated rings. The van der Waals surface area contributed by atoms with Crippen LogP contribution in [0.2, 0.25) is 0 Å². The van der Waals surface area contributed by atoms with Gasteiger partial charge < -0.3 is 4.90 Å². The van der Waals surface area contributed by atoms with Crippen LogP contribution in [0.25, 0.3) is 0 Å². The SMILES string of the molecule is C.CC1CCN(C=O)CC(C)(C)C1. The molecule has 1 aliphatic rings. The molecule has 0 bridgehead atoms. The lowest BCUT2D eigenvalue weighted by molar-refractivity contribution is -0.119. The molecule has 1 aliphatic heterocycles. The van der Waals surface area contributed by atoms with Crippen LogP contribution in [-0.2, 0) is 4.79 Å². The predicted octanol–water partition coefficient (Wildman–Crippen LogP) is 2.54. The van der Waals surface area contributed by atoms with E-state index in [-0.39, 0.29) is 7.43 Å². The van der Waals surface area contributed by atoms with Gasteiger partial charge in [0.05, 0.1) is 0 Å². The summed E-state index contributed by atoms with van der Waals surface area (Å²) in [6.07, 6.45) is 3.37. The van der Waals surface area contributed by atoms with Crippen molar-refractivity contribution in [2.24, 2.45) is 11.3 Å². The average molecular weight is 185 g/mol. The van der Waals surface area contributed by atoms with Crippen LogP contribution in [0.1, 0.15) is 41.0 Å². The van der Waals surface area contributed by atoms with Crippen molar-refractivity contribution in [3.63, 3.8) is 0 Å². The Morgan fingerprint density at radius 1 is 1.46 bits per heavy atom. The van der Waals surface area contributed by atoms with Gasteiger partial charge in [0.2, 0.25) is 6.41 Å². The fourth-order valence-electron chi connectivity index (χ4n) is 2.21.